The Kier molecular flexibility index (Phi) is 5.86. The molecule has 0 amide bonds. The van der Waals surface area contributed by atoms with Gasteiger partial charge in [-0.05, 0) is 42.0 Å². The van der Waals surface area contributed by atoms with Crippen LogP contribution < -0.4 is 15.2 Å². The summed E-state index contributed by atoms with van der Waals surface area (Å²) in [6.45, 7) is 2.09. The first-order valence-corrected chi connectivity index (χ1v) is 10.2. The molecule has 0 saturated carbocycles. The number of aromatic nitrogens is 2. The predicted octanol–water partition coefficient (Wildman–Crippen LogP) is 4.34. The molecule has 0 spiro atoms. The number of ether oxygens (including phenoxy) is 1. The van der Waals surface area contributed by atoms with E-state index in [0.717, 1.165) is 42.9 Å². The number of rotatable bonds is 5. The number of methoxy groups -OCH3 is 1. The molecule has 1 aliphatic heterocycles. The molecule has 1 fully saturated rings. The summed E-state index contributed by atoms with van der Waals surface area (Å²) in [6.07, 6.45) is 3.71. The van der Waals surface area contributed by atoms with E-state index in [-0.39, 0.29) is 10.6 Å². The Labute approximate surface area is 175 Å². The van der Waals surface area contributed by atoms with Gasteiger partial charge in [0.05, 0.1) is 25.5 Å². The van der Waals surface area contributed by atoms with Crippen molar-refractivity contribution in [2.45, 2.75) is 25.3 Å². The molecule has 0 radical (unpaired) electrons. The second kappa shape index (κ2) is 8.70. The Morgan fingerprint density at radius 3 is 2.59 bits per heavy atom. The quantitative estimate of drug-likeness (QED) is 0.629. The average Bonchev–Trinajstić information content (AvgIpc) is 2.78. The van der Waals surface area contributed by atoms with Gasteiger partial charge in [-0.3, -0.25) is 4.79 Å². The van der Waals surface area contributed by atoms with E-state index in [0.29, 0.717) is 12.5 Å². The number of nitrogens with zero attached hydrogens (tertiary/aromatic N) is 3. The maximum Gasteiger partial charge on any atom is 0.287 e. The van der Waals surface area contributed by atoms with E-state index in [9.17, 15) is 4.79 Å². The van der Waals surface area contributed by atoms with Crippen molar-refractivity contribution in [1.29, 1.82) is 0 Å². The highest BCUT2D eigenvalue weighted by Crippen LogP contribution is 2.33. The number of hydrogen-bond acceptors (Lipinski definition) is 4. The van der Waals surface area contributed by atoms with Crippen molar-refractivity contribution < 1.29 is 4.74 Å². The van der Waals surface area contributed by atoms with Gasteiger partial charge in [-0.1, -0.05) is 54.1 Å². The molecule has 1 aliphatic rings. The number of anilines is 1. The summed E-state index contributed by atoms with van der Waals surface area (Å²) < 4.78 is 6.77. The molecule has 4 rings (SSSR count). The molecule has 2 heterocycles. The molecule has 0 bridgehead atoms. The summed E-state index contributed by atoms with van der Waals surface area (Å²) in [5.41, 5.74) is 2.80. The van der Waals surface area contributed by atoms with Crippen LogP contribution in [0.2, 0.25) is 5.02 Å². The van der Waals surface area contributed by atoms with Gasteiger partial charge in [0.25, 0.3) is 5.56 Å². The van der Waals surface area contributed by atoms with E-state index in [1.54, 1.807) is 13.3 Å². The SMILES string of the molecule is COc1cccc(C2CCN(c3cnn(Cc4ccccc4)c(=O)c3Cl)CC2)c1. The van der Waals surface area contributed by atoms with E-state index >= 15 is 0 Å². The van der Waals surface area contributed by atoms with Crippen LogP contribution in [0, 0.1) is 0 Å². The summed E-state index contributed by atoms with van der Waals surface area (Å²) >= 11 is 6.46. The lowest BCUT2D eigenvalue weighted by atomic mass is 9.89. The highest BCUT2D eigenvalue weighted by atomic mass is 35.5. The average molecular weight is 410 g/mol. The fourth-order valence-corrected chi connectivity index (χ4v) is 4.16. The number of hydrogen-bond donors (Lipinski definition) is 0. The number of halogens is 1. The third kappa shape index (κ3) is 4.30. The minimum atomic E-state index is -0.247. The van der Waals surface area contributed by atoms with E-state index in [1.165, 1.54) is 10.2 Å². The fraction of sp³-hybridized carbons (Fsp3) is 0.304. The molecule has 0 aliphatic carbocycles. The minimum Gasteiger partial charge on any atom is -0.497 e. The van der Waals surface area contributed by atoms with Crippen molar-refractivity contribution in [3.63, 3.8) is 0 Å². The van der Waals surface area contributed by atoms with Crippen LogP contribution in [-0.2, 0) is 6.54 Å². The standard InChI is InChI=1S/C23H24ClN3O2/c1-29-20-9-5-8-19(14-20)18-10-12-26(13-11-18)21-15-25-27(23(28)22(21)24)16-17-6-3-2-4-7-17/h2-9,14-15,18H,10-13,16H2,1H3. The van der Waals surface area contributed by atoms with Gasteiger partial charge in [-0.2, -0.15) is 5.10 Å². The Bertz CT molecular complexity index is 1030. The van der Waals surface area contributed by atoms with Gasteiger partial charge in [-0.25, -0.2) is 4.68 Å². The summed E-state index contributed by atoms with van der Waals surface area (Å²) in [4.78, 5) is 14.9. The van der Waals surface area contributed by atoms with Crippen LogP contribution >= 0.6 is 11.6 Å². The molecule has 0 N–H and O–H groups in total. The van der Waals surface area contributed by atoms with E-state index < -0.39 is 0 Å². The molecule has 3 aromatic rings. The molecule has 0 atom stereocenters. The van der Waals surface area contributed by atoms with Gasteiger partial charge in [-0.15, -0.1) is 0 Å². The van der Waals surface area contributed by atoms with E-state index in [2.05, 4.69) is 22.1 Å². The van der Waals surface area contributed by atoms with Crippen LogP contribution in [0.4, 0.5) is 5.69 Å². The Balaban J connectivity index is 1.47. The van der Waals surface area contributed by atoms with Gasteiger partial charge < -0.3 is 9.64 Å². The zero-order chi connectivity index (χ0) is 20.2. The second-order valence-electron chi connectivity index (χ2n) is 7.33. The lowest BCUT2D eigenvalue weighted by Crippen LogP contribution is -2.35. The van der Waals surface area contributed by atoms with Gasteiger partial charge >= 0.3 is 0 Å². The highest BCUT2D eigenvalue weighted by molar-refractivity contribution is 6.33. The van der Waals surface area contributed by atoms with Crippen LogP contribution in [0.25, 0.3) is 0 Å². The zero-order valence-electron chi connectivity index (χ0n) is 16.4. The molecule has 1 aromatic heterocycles. The van der Waals surface area contributed by atoms with Crippen molar-refractivity contribution in [2.75, 3.05) is 25.1 Å². The summed E-state index contributed by atoms with van der Waals surface area (Å²) in [5.74, 6) is 1.37. The first-order chi connectivity index (χ1) is 14.2. The van der Waals surface area contributed by atoms with Gasteiger partial charge in [0, 0.05) is 13.1 Å². The Hall–Kier alpha value is -2.79. The third-order valence-corrected chi connectivity index (χ3v) is 5.90. The van der Waals surface area contributed by atoms with Crippen molar-refractivity contribution in [3.05, 3.63) is 87.3 Å². The number of benzene rings is 2. The Morgan fingerprint density at radius 1 is 1.10 bits per heavy atom. The molecule has 1 saturated heterocycles. The van der Waals surface area contributed by atoms with Gasteiger partial charge in [0.2, 0.25) is 0 Å². The van der Waals surface area contributed by atoms with Crippen molar-refractivity contribution in [1.82, 2.24) is 9.78 Å². The minimum absolute atomic E-state index is 0.246. The van der Waals surface area contributed by atoms with Gasteiger partial charge in [0.1, 0.15) is 10.8 Å². The van der Waals surface area contributed by atoms with E-state index in [1.807, 2.05) is 42.5 Å². The lowest BCUT2D eigenvalue weighted by Gasteiger charge is -2.34. The largest absolute Gasteiger partial charge is 0.497 e. The first-order valence-electron chi connectivity index (χ1n) is 9.84. The first kappa shape index (κ1) is 19.5. The van der Waals surface area contributed by atoms with Crippen LogP contribution in [0.15, 0.2) is 65.6 Å². The molecule has 29 heavy (non-hydrogen) atoms. The maximum atomic E-state index is 12.7. The maximum absolute atomic E-state index is 12.7. The monoisotopic (exact) mass is 409 g/mol. The summed E-state index contributed by atoms with van der Waals surface area (Å²) in [6, 6.07) is 18.1. The zero-order valence-corrected chi connectivity index (χ0v) is 17.2. The van der Waals surface area contributed by atoms with Gasteiger partial charge in [0.15, 0.2) is 0 Å². The third-order valence-electron chi connectivity index (χ3n) is 5.54. The van der Waals surface area contributed by atoms with Crippen LogP contribution in [-0.4, -0.2) is 30.0 Å². The summed E-state index contributed by atoms with van der Waals surface area (Å²) in [5, 5.41) is 4.62. The van der Waals surface area contributed by atoms with E-state index in [4.69, 9.17) is 16.3 Å². The van der Waals surface area contributed by atoms with Crippen molar-refractivity contribution in [2.24, 2.45) is 0 Å². The van der Waals surface area contributed by atoms with Crippen LogP contribution in [0.3, 0.4) is 0 Å². The normalized spacial score (nSPS) is 14.8. The molecular formula is C23H24ClN3O2. The van der Waals surface area contributed by atoms with Crippen molar-refractivity contribution >= 4 is 17.3 Å². The second-order valence-corrected chi connectivity index (χ2v) is 7.71. The molecule has 5 nitrogen and oxygen atoms in total. The highest BCUT2D eigenvalue weighted by Gasteiger charge is 2.24. The molecule has 6 heteroatoms. The molecule has 2 aromatic carbocycles. The topological polar surface area (TPSA) is 47.4 Å². The number of piperidine rings is 1. The van der Waals surface area contributed by atoms with Crippen LogP contribution in [0.5, 0.6) is 5.75 Å². The van der Waals surface area contributed by atoms with Crippen molar-refractivity contribution in [3.8, 4) is 5.75 Å². The summed E-state index contributed by atoms with van der Waals surface area (Å²) in [7, 11) is 1.69. The van der Waals surface area contributed by atoms with Crippen LogP contribution in [0.1, 0.15) is 29.9 Å². The fourth-order valence-electron chi connectivity index (χ4n) is 3.89. The lowest BCUT2D eigenvalue weighted by molar-refractivity contribution is 0.412. The molecule has 150 valence electrons. The molecular weight excluding hydrogens is 386 g/mol. The Morgan fingerprint density at radius 2 is 1.86 bits per heavy atom. The predicted molar refractivity (Wildman–Crippen MR) is 116 cm³/mol. The smallest absolute Gasteiger partial charge is 0.287 e. The molecule has 0 unspecified atom stereocenters.